The maximum Gasteiger partial charge on any atom is 0.0596 e. The quantitative estimate of drug-likeness (QED) is 0.668. The Bertz CT molecular complexity index is 470. The molecule has 2 nitrogen and oxygen atoms in total. The minimum absolute atomic E-state index is 0.0742. The molecule has 3 fully saturated rings. The first kappa shape index (κ1) is 14.3. The summed E-state index contributed by atoms with van der Waals surface area (Å²) in [7, 11) is 0. The van der Waals surface area contributed by atoms with E-state index in [-0.39, 0.29) is 17.6 Å². The number of fused-ring (bicyclic) bond motifs is 5. The standard InChI is InChI=1S/C19H30O2/c1-18-9-7-13(20)11-12(18)3-4-14-15-5-6-17(21)19(15,2)10-8-16(14)18/h3,13-17,20-21H,4-11H2,1-2H3/t13-,14+,15+,16+,17+,18+,19+/m1/s1. The number of aliphatic hydroxyl groups excluding tert-OH is 2. The molecule has 0 heterocycles. The van der Waals surface area contributed by atoms with E-state index >= 15 is 0 Å². The fourth-order valence-corrected chi connectivity index (χ4v) is 6.61. The molecule has 21 heavy (non-hydrogen) atoms. The van der Waals surface area contributed by atoms with Crippen molar-refractivity contribution in [2.45, 2.75) is 77.4 Å². The molecule has 2 heteroatoms. The van der Waals surface area contributed by atoms with E-state index < -0.39 is 0 Å². The fraction of sp³-hybridized carbons (Fsp3) is 0.895. The molecule has 118 valence electrons. The van der Waals surface area contributed by atoms with Gasteiger partial charge in [-0.2, -0.15) is 0 Å². The number of aliphatic hydroxyl groups is 2. The average molecular weight is 290 g/mol. The summed E-state index contributed by atoms with van der Waals surface area (Å²) < 4.78 is 0. The van der Waals surface area contributed by atoms with Crippen LogP contribution in [0.4, 0.5) is 0 Å². The zero-order valence-electron chi connectivity index (χ0n) is 13.5. The summed E-state index contributed by atoms with van der Waals surface area (Å²) in [6.07, 6.45) is 11.2. The molecule has 3 saturated carbocycles. The van der Waals surface area contributed by atoms with Gasteiger partial charge < -0.3 is 10.2 Å². The fourth-order valence-electron chi connectivity index (χ4n) is 6.61. The molecule has 0 aliphatic heterocycles. The average Bonchev–Trinajstić information content (AvgIpc) is 2.76. The Morgan fingerprint density at radius 1 is 1.00 bits per heavy atom. The zero-order valence-corrected chi connectivity index (χ0v) is 13.5. The van der Waals surface area contributed by atoms with Gasteiger partial charge in [-0.25, -0.2) is 0 Å². The van der Waals surface area contributed by atoms with Crippen molar-refractivity contribution < 1.29 is 10.2 Å². The molecule has 2 N–H and O–H groups in total. The van der Waals surface area contributed by atoms with Gasteiger partial charge in [-0.1, -0.05) is 25.5 Å². The molecule has 0 unspecified atom stereocenters. The highest BCUT2D eigenvalue weighted by molar-refractivity contribution is 5.25. The lowest BCUT2D eigenvalue weighted by Gasteiger charge is -2.57. The summed E-state index contributed by atoms with van der Waals surface area (Å²) in [5.41, 5.74) is 2.05. The largest absolute Gasteiger partial charge is 0.393 e. The third-order valence-electron chi connectivity index (χ3n) is 8.03. The van der Waals surface area contributed by atoms with E-state index in [0.717, 1.165) is 37.5 Å². The highest BCUT2D eigenvalue weighted by Gasteiger charge is 2.58. The van der Waals surface area contributed by atoms with Crippen LogP contribution in [0.3, 0.4) is 0 Å². The molecule has 0 spiro atoms. The minimum atomic E-state index is -0.108. The minimum Gasteiger partial charge on any atom is -0.393 e. The Morgan fingerprint density at radius 2 is 1.81 bits per heavy atom. The van der Waals surface area contributed by atoms with Gasteiger partial charge >= 0.3 is 0 Å². The van der Waals surface area contributed by atoms with Gasteiger partial charge in [0.2, 0.25) is 0 Å². The van der Waals surface area contributed by atoms with Crippen molar-refractivity contribution >= 4 is 0 Å². The van der Waals surface area contributed by atoms with E-state index in [0.29, 0.717) is 11.3 Å². The Morgan fingerprint density at radius 3 is 2.62 bits per heavy atom. The van der Waals surface area contributed by atoms with Crippen LogP contribution in [0.5, 0.6) is 0 Å². The second kappa shape index (κ2) is 4.58. The van der Waals surface area contributed by atoms with Gasteiger partial charge in [0.25, 0.3) is 0 Å². The van der Waals surface area contributed by atoms with Crippen LogP contribution < -0.4 is 0 Å². The summed E-state index contributed by atoms with van der Waals surface area (Å²) in [6, 6.07) is 0. The number of hydrogen-bond donors (Lipinski definition) is 2. The number of rotatable bonds is 0. The maximum atomic E-state index is 10.5. The smallest absolute Gasteiger partial charge is 0.0596 e. The summed E-state index contributed by atoms with van der Waals surface area (Å²) >= 11 is 0. The SMILES string of the molecule is C[C@]12CC[C@H]3[C@@H](CC=C4C[C@H](O)CC[C@@]43C)[C@@H]1CC[C@@H]2O. The van der Waals surface area contributed by atoms with E-state index in [9.17, 15) is 10.2 Å². The molecule has 0 saturated heterocycles. The van der Waals surface area contributed by atoms with Crippen LogP contribution in [0, 0.1) is 28.6 Å². The van der Waals surface area contributed by atoms with Crippen LogP contribution in [-0.4, -0.2) is 22.4 Å². The summed E-state index contributed by atoms with van der Waals surface area (Å²) in [5.74, 6) is 2.27. The van der Waals surface area contributed by atoms with E-state index in [1.165, 1.54) is 25.7 Å². The monoisotopic (exact) mass is 290 g/mol. The second-order valence-corrected chi connectivity index (χ2v) is 8.79. The molecule has 4 aliphatic carbocycles. The van der Waals surface area contributed by atoms with Crippen molar-refractivity contribution in [1.29, 1.82) is 0 Å². The molecule has 0 bridgehead atoms. The van der Waals surface area contributed by atoms with Crippen molar-refractivity contribution in [2.75, 3.05) is 0 Å². The summed E-state index contributed by atoms with van der Waals surface area (Å²) in [4.78, 5) is 0. The van der Waals surface area contributed by atoms with Crippen LogP contribution in [-0.2, 0) is 0 Å². The molecule has 0 aromatic carbocycles. The van der Waals surface area contributed by atoms with E-state index in [4.69, 9.17) is 0 Å². The van der Waals surface area contributed by atoms with Gasteiger partial charge in [0.05, 0.1) is 12.2 Å². The molecule has 0 amide bonds. The third kappa shape index (κ3) is 1.84. The number of hydrogen-bond acceptors (Lipinski definition) is 2. The number of allylic oxidation sites excluding steroid dienone is 1. The van der Waals surface area contributed by atoms with E-state index in [2.05, 4.69) is 19.9 Å². The first-order valence-corrected chi connectivity index (χ1v) is 9.01. The predicted octanol–water partition coefficient (Wildman–Crippen LogP) is 3.67. The van der Waals surface area contributed by atoms with Crippen molar-refractivity contribution in [3.05, 3.63) is 11.6 Å². The molecule has 4 rings (SSSR count). The van der Waals surface area contributed by atoms with Crippen LogP contribution >= 0.6 is 0 Å². The lowest BCUT2D eigenvalue weighted by atomic mass is 9.48. The predicted molar refractivity (Wildman–Crippen MR) is 83.7 cm³/mol. The van der Waals surface area contributed by atoms with Crippen molar-refractivity contribution in [1.82, 2.24) is 0 Å². The first-order valence-electron chi connectivity index (χ1n) is 9.01. The normalized spacial score (nSPS) is 56.2. The van der Waals surface area contributed by atoms with Crippen LogP contribution in [0.1, 0.15) is 65.2 Å². The van der Waals surface area contributed by atoms with E-state index in [1.807, 2.05) is 0 Å². The topological polar surface area (TPSA) is 40.5 Å². The Balaban J connectivity index is 1.68. The molecule has 0 aromatic heterocycles. The molecule has 0 radical (unpaired) electrons. The van der Waals surface area contributed by atoms with Gasteiger partial charge in [0.15, 0.2) is 0 Å². The van der Waals surface area contributed by atoms with Crippen molar-refractivity contribution in [3.63, 3.8) is 0 Å². The Hall–Kier alpha value is -0.340. The van der Waals surface area contributed by atoms with Gasteiger partial charge in [0.1, 0.15) is 0 Å². The van der Waals surface area contributed by atoms with Crippen molar-refractivity contribution in [3.8, 4) is 0 Å². The molecule has 4 aliphatic rings. The highest BCUT2D eigenvalue weighted by atomic mass is 16.3. The zero-order chi connectivity index (χ0) is 14.8. The third-order valence-corrected chi connectivity index (χ3v) is 8.03. The maximum absolute atomic E-state index is 10.5. The Kier molecular flexibility index (Phi) is 3.11. The summed E-state index contributed by atoms with van der Waals surface area (Å²) in [5, 5.41) is 20.5. The van der Waals surface area contributed by atoms with Crippen molar-refractivity contribution in [2.24, 2.45) is 28.6 Å². The van der Waals surface area contributed by atoms with E-state index in [1.54, 1.807) is 5.57 Å². The van der Waals surface area contributed by atoms with Gasteiger partial charge in [-0.05, 0) is 80.0 Å². The van der Waals surface area contributed by atoms with Crippen LogP contribution in [0.15, 0.2) is 11.6 Å². The molecular weight excluding hydrogens is 260 g/mol. The second-order valence-electron chi connectivity index (χ2n) is 8.79. The molecular formula is C19H30O2. The van der Waals surface area contributed by atoms with Gasteiger partial charge in [-0.3, -0.25) is 0 Å². The Labute approximate surface area is 128 Å². The highest BCUT2D eigenvalue weighted by Crippen LogP contribution is 2.64. The molecule has 7 atom stereocenters. The molecule has 0 aromatic rings. The first-order chi connectivity index (χ1) is 9.95. The van der Waals surface area contributed by atoms with Gasteiger partial charge in [0, 0.05) is 0 Å². The lowest BCUT2D eigenvalue weighted by molar-refractivity contribution is -0.0711. The van der Waals surface area contributed by atoms with Crippen LogP contribution in [0.2, 0.25) is 0 Å². The lowest BCUT2D eigenvalue weighted by Crippen LogP contribution is -2.51. The summed E-state index contributed by atoms with van der Waals surface area (Å²) in [6.45, 7) is 4.81. The van der Waals surface area contributed by atoms with Crippen LogP contribution in [0.25, 0.3) is 0 Å². The van der Waals surface area contributed by atoms with Gasteiger partial charge in [-0.15, -0.1) is 0 Å².